The first kappa shape index (κ1) is 31.4. The zero-order valence-electron chi connectivity index (χ0n) is 23.6. The van der Waals surface area contributed by atoms with Crippen LogP contribution in [-0.4, -0.2) is 62.0 Å². The van der Waals surface area contributed by atoms with Gasteiger partial charge in [0.2, 0.25) is 17.7 Å². The van der Waals surface area contributed by atoms with Crippen molar-refractivity contribution in [2.24, 2.45) is 0 Å². The highest BCUT2D eigenvalue weighted by molar-refractivity contribution is 6.30. The highest BCUT2D eigenvalue weighted by Crippen LogP contribution is 2.19. The minimum Gasteiger partial charge on any atom is -0.493 e. The number of rotatable bonds is 7. The van der Waals surface area contributed by atoms with Crippen molar-refractivity contribution in [3.8, 4) is 11.5 Å². The van der Waals surface area contributed by atoms with Gasteiger partial charge in [0.15, 0.2) is 0 Å². The molecule has 0 saturated carbocycles. The van der Waals surface area contributed by atoms with Gasteiger partial charge in [-0.15, -0.1) is 0 Å². The van der Waals surface area contributed by atoms with Crippen molar-refractivity contribution in [3.63, 3.8) is 0 Å². The number of halogens is 1. The molecule has 0 aromatic heterocycles. The molecule has 0 saturated heterocycles. The minimum atomic E-state index is -1.03. The molecule has 4 amide bonds. The average Bonchev–Trinajstić information content (AvgIpc) is 3.01. The molecular formula is C32H35ClN4O6. The van der Waals surface area contributed by atoms with Crippen LogP contribution in [0, 0.1) is 0 Å². The van der Waals surface area contributed by atoms with Gasteiger partial charge in [0.25, 0.3) is 5.91 Å². The number of hydrogen-bond acceptors (Lipinski definition) is 6. The Labute approximate surface area is 255 Å². The largest absolute Gasteiger partial charge is 0.493 e. The molecule has 0 bridgehead atoms. The second-order valence-electron chi connectivity index (χ2n) is 9.96. The average molecular weight is 607 g/mol. The van der Waals surface area contributed by atoms with Gasteiger partial charge in [0.1, 0.15) is 30.2 Å². The highest BCUT2D eigenvalue weighted by atomic mass is 35.5. The first-order chi connectivity index (χ1) is 20.9. The second kappa shape index (κ2) is 16.2. The van der Waals surface area contributed by atoms with E-state index < -0.39 is 29.8 Å². The number of carbonyl (C=O) groups excluding carboxylic acids is 4. The standard InChI is InChI=1S/C32H35ClN4O6/c33-23-11-13-24(14-12-23)42-20-18-35-31(40)26-15-16-29(38)36-27(21-22-7-2-1-3-8-22)32(41)34-17-6-19-43-28-10-5-4-9-25(28)30(39)37-26/h1-5,7-14,26-27H,6,15-21H2,(H,34,41)(H,35,40)(H,36,38)(H,37,39)/t26-,27-/m0/s1. The lowest BCUT2D eigenvalue weighted by Gasteiger charge is -2.22. The minimum absolute atomic E-state index is 0.00412. The Morgan fingerprint density at radius 2 is 1.70 bits per heavy atom. The number of fused-ring (bicyclic) bond motifs is 1. The summed E-state index contributed by atoms with van der Waals surface area (Å²) >= 11 is 5.90. The third-order valence-corrected chi connectivity index (χ3v) is 6.96. The Morgan fingerprint density at radius 1 is 0.953 bits per heavy atom. The zero-order chi connectivity index (χ0) is 30.4. The van der Waals surface area contributed by atoms with E-state index in [0.29, 0.717) is 35.9 Å². The third-order valence-electron chi connectivity index (χ3n) is 6.71. The predicted octanol–water partition coefficient (Wildman–Crippen LogP) is 3.04. The number of benzene rings is 3. The third kappa shape index (κ3) is 10.0. The van der Waals surface area contributed by atoms with E-state index in [9.17, 15) is 19.2 Å². The Morgan fingerprint density at radius 3 is 2.49 bits per heavy atom. The Kier molecular flexibility index (Phi) is 11.8. The SMILES string of the molecule is O=C1CC[C@@H](C(=O)NCCOc2ccc(Cl)cc2)NC(=O)c2ccccc2OCCCNC(=O)[C@H](Cc2ccccc2)N1. The topological polar surface area (TPSA) is 135 Å². The van der Waals surface area contributed by atoms with Crippen LogP contribution in [0.3, 0.4) is 0 Å². The van der Waals surface area contributed by atoms with Gasteiger partial charge < -0.3 is 30.7 Å². The van der Waals surface area contributed by atoms with Crippen LogP contribution < -0.4 is 30.7 Å². The van der Waals surface area contributed by atoms with Crippen molar-refractivity contribution in [3.05, 3.63) is 95.0 Å². The van der Waals surface area contributed by atoms with Gasteiger partial charge in [-0.1, -0.05) is 54.1 Å². The molecule has 1 heterocycles. The molecular weight excluding hydrogens is 572 g/mol. The number of nitrogens with one attached hydrogen (secondary N) is 4. The van der Waals surface area contributed by atoms with E-state index >= 15 is 0 Å². The van der Waals surface area contributed by atoms with Crippen molar-refractivity contribution in [2.75, 3.05) is 26.3 Å². The van der Waals surface area contributed by atoms with Crippen LogP contribution in [0.5, 0.6) is 11.5 Å². The fourth-order valence-corrected chi connectivity index (χ4v) is 4.60. The maximum Gasteiger partial charge on any atom is 0.255 e. The predicted molar refractivity (Wildman–Crippen MR) is 162 cm³/mol. The van der Waals surface area contributed by atoms with Crippen molar-refractivity contribution < 1.29 is 28.7 Å². The molecule has 1 aliphatic rings. The van der Waals surface area contributed by atoms with Crippen molar-refractivity contribution in [2.45, 2.75) is 37.8 Å². The summed E-state index contributed by atoms with van der Waals surface area (Å²) in [4.78, 5) is 52.5. The Hall–Kier alpha value is -4.57. The molecule has 0 radical (unpaired) electrons. The van der Waals surface area contributed by atoms with Gasteiger partial charge in [-0.25, -0.2) is 0 Å². The van der Waals surface area contributed by atoms with Crippen LogP contribution in [0.1, 0.15) is 35.2 Å². The number of para-hydroxylation sites is 1. The van der Waals surface area contributed by atoms with Gasteiger partial charge in [0, 0.05) is 24.4 Å². The fraction of sp³-hybridized carbons (Fsp3) is 0.312. The molecule has 0 aliphatic carbocycles. The molecule has 0 unspecified atom stereocenters. The molecule has 3 aromatic carbocycles. The molecule has 1 aliphatic heterocycles. The summed E-state index contributed by atoms with van der Waals surface area (Å²) < 4.78 is 11.5. The number of carbonyl (C=O) groups is 4. The number of hydrogen-bond donors (Lipinski definition) is 4. The van der Waals surface area contributed by atoms with Gasteiger partial charge in [-0.2, -0.15) is 0 Å². The summed E-state index contributed by atoms with van der Waals surface area (Å²) in [5, 5.41) is 11.8. The van der Waals surface area contributed by atoms with E-state index in [2.05, 4.69) is 21.3 Å². The van der Waals surface area contributed by atoms with Crippen LogP contribution in [0.2, 0.25) is 5.02 Å². The molecule has 4 rings (SSSR count). The van der Waals surface area contributed by atoms with Crippen LogP contribution in [0.15, 0.2) is 78.9 Å². The summed E-state index contributed by atoms with van der Waals surface area (Å²) in [5.74, 6) is -0.749. The quantitative estimate of drug-likeness (QED) is 0.306. The monoisotopic (exact) mass is 606 g/mol. The molecule has 11 heteroatoms. The lowest BCUT2D eigenvalue weighted by molar-refractivity contribution is -0.129. The maximum absolute atomic E-state index is 13.3. The first-order valence-corrected chi connectivity index (χ1v) is 14.6. The number of ether oxygens (including phenoxy) is 2. The maximum atomic E-state index is 13.3. The fourth-order valence-electron chi connectivity index (χ4n) is 4.47. The summed E-state index contributed by atoms with van der Waals surface area (Å²) in [6.45, 7) is 0.927. The van der Waals surface area contributed by atoms with Crippen molar-refractivity contribution in [1.29, 1.82) is 0 Å². The highest BCUT2D eigenvalue weighted by Gasteiger charge is 2.26. The van der Waals surface area contributed by atoms with Gasteiger partial charge >= 0.3 is 0 Å². The molecule has 0 fully saturated rings. The normalized spacial score (nSPS) is 18.2. The van der Waals surface area contributed by atoms with Crippen LogP contribution in [0.25, 0.3) is 0 Å². The molecule has 226 valence electrons. The molecule has 4 N–H and O–H groups in total. The summed E-state index contributed by atoms with van der Waals surface area (Å²) in [5.41, 5.74) is 1.15. The van der Waals surface area contributed by atoms with Crippen LogP contribution in [-0.2, 0) is 20.8 Å². The van der Waals surface area contributed by atoms with Crippen molar-refractivity contribution >= 4 is 35.2 Å². The summed E-state index contributed by atoms with van der Waals surface area (Å²) in [7, 11) is 0. The summed E-state index contributed by atoms with van der Waals surface area (Å²) in [6.07, 6.45) is 0.688. The number of amides is 4. The van der Waals surface area contributed by atoms with Gasteiger partial charge in [0.05, 0.1) is 18.7 Å². The van der Waals surface area contributed by atoms with E-state index in [1.165, 1.54) is 0 Å². The van der Waals surface area contributed by atoms with E-state index in [1.807, 2.05) is 30.3 Å². The van der Waals surface area contributed by atoms with E-state index in [-0.39, 0.29) is 44.1 Å². The summed E-state index contributed by atoms with van der Waals surface area (Å²) in [6, 6.07) is 21.1. The molecule has 10 nitrogen and oxygen atoms in total. The Bertz CT molecular complexity index is 1390. The smallest absolute Gasteiger partial charge is 0.255 e. The van der Waals surface area contributed by atoms with E-state index in [4.69, 9.17) is 21.1 Å². The lowest BCUT2D eigenvalue weighted by atomic mass is 10.0. The first-order valence-electron chi connectivity index (χ1n) is 14.2. The lowest BCUT2D eigenvalue weighted by Crippen LogP contribution is -2.50. The van der Waals surface area contributed by atoms with Crippen LogP contribution >= 0.6 is 11.6 Å². The Balaban J connectivity index is 1.46. The van der Waals surface area contributed by atoms with E-state index in [0.717, 1.165) is 5.56 Å². The van der Waals surface area contributed by atoms with Gasteiger partial charge in [-0.3, -0.25) is 19.2 Å². The molecule has 2 atom stereocenters. The second-order valence-corrected chi connectivity index (χ2v) is 10.4. The van der Waals surface area contributed by atoms with Gasteiger partial charge in [-0.05, 0) is 54.8 Å². The molecule has 43 heavy (non-hydrogen) atoms. The van der Waals surface area contributed by atoms with Crippen LogP contribution in [0.4, 0.5) is 0 Å². The zero-order valence-corrected chi connectivity index (χ0v) is 24.4. The molecule has 3 aromatic rings. The van der Waals surface area contributed by atoms with Crippen molar-refractivity contribution in [1.82, 2.24) is 21.3 Å². The van der Waals surface area contributed by atoms with E-state index in [1.54, 1.807) is 48.5 Å². The molecule has 0 spiro atoms.